The minimum Gasteiger partial charge on any atom is -0.369 e. The van der Waals surface area contributed by atoms with Crippen LogP contribution in [0.5, 0.6) is 0 Å². The molecule has 0 saturated carbocycles. The number of anilines is 1. The van der Waals surface area contributed by atoms with Crippen LogP contribution < -0.4 is 21.3 Å². The summed E-state index contributed by atoms with van der Waals surface area (Å²) in [4.78, 5) is 37.8. The van der Waals surface area contributed by atoms with Gasteiger partial charge in [-0.1, -0.05) is 18.2 Å². The van der Waals surface area contributed by atoms with Crippen molar-refractivity contribution >= 4 is 23.5 Å². The van der Waals surface area contributed by atoms with Crippen LogP contribution in [0, 0.1) is 0 Å². The van der Waals surface area contributed by atoms with Crippen LogP contribution in [0.2, 0.25) is 0 Å². The van der Waals surface area contributed by atoms with Gasteiger partial charge in [-0.05, 0) is 45.7 Å². The lowest BCUT2D eigenvalue weighted by Crippen LogP contribution is -2.52. The fourth-order valence-corrected chi connectivity index (χ4v) is 3.08. The number of amides is 4. The number of para-hydroxylation sites is 1. The molecule has 4 N–H and O–H groups in total. The van der Waals surface area contributed by atoms with E-state index >= 15 is 0 Å². The topological polar surface area (TPSA) is 105 Å². The predicted octanol–water partition coefficient (Wildman–Crippen LogP) is 1.48. The number of carbonyl (C=O) groups excluding carboxylic acids is 3. The zero-order chi connectivity index (χ0) is 18.8. The maximum atomic E-state index is 12.3. The summed E-state index contributed by atoms with van der Waals surface area (Å²) in [5.41, 5.74) is 6.72. The highest BCUT2D eigenvalue weighted by Gasteiger charge is 2.33. The van der Waals surface area contributed by atoms with Crippen molar-refractivity contribution in [2.75, 3.05) is 11.4 Å². The standard InChI is InChI=1S/C18H26N4O3/c1-11-9-13(16(19)24)12-7-5-6-8-14(12)22(11)10-15(23)20-17(25)21-18(2,3)4/h5-8,11,13H,9-10H2,1-4H3,(H2,19,24)(H2,20,21,23,25)/t11-,13-/m0/s1. The van der Waals surface area contributed by atoms with E-state index < -0.39 is 17.5 Å². The Kier molecular flexibility index (Phi) is 5.35. The minimum absolute atomic E-state index is 0.0290. The second kappa shape index (κ2) is 7.13. The molecule has 25 heavy (non-hydrogen) atoms. The van der Waals surface area contributed by atoms with E-state index in [9.17, 15) is 14.4 Å². The van der Waals surface area contributed by atoms with Crippen LogP contribution in [0.25, 0.3) is 0 Å². The molecule has 0 bridgehead atoms. The van der Waals surface area contributed by atoms with Gasteiger partial charge in [-0.3, -0.25) is 14.9 Å². The molecule has 1 aromatic rings. The largest absolute Gasteiger partial charge is 0.369 e. The molecule has 136 valence electrons. The first-order chi connectivity index (χ1) is 11.6. The number of carbonyl (C=O) groups is 3. The van der Waals surface area contributed by atoms with Gasteiger partial charge >= 0.3 is 6.03 Å². The number of nitrogens with two attached hydrogens (primary N) is 1. The Morgan fingerprint density at radius 2 is 1.88 bits per heavy atom. The molecule has 1 aliphatic rings. The van der Waals surface area contributed by atoms with Crippen LogP contribution in [-0.2, 0) is 9.59 Å². The number of nitrogens with zero attached hydrogens (tertiary/aromatic N) is 1. The Balaban J connectivity index is 2.13. The molecule has 1 heterocycles. The summed E-state index contributed by atoms with van der Waals surface area (Å²) in [6, 6.07) is 6.85. The highest BCUT2D eigenvalue weighted by molar-refractivity contribution is 5.97. The molecule has 0 unspecified atom stereocenters. The molecule has 1 aromatic carbocycles. The molecule has 1 aliphatic heterocycles. The van der Waals surface area contributed by atoms with Gasteiger partial charge in [0.1, 0.15) is 0 Å². The molecule has 0 saturated heterocycles. The van der Waals surface area contributed by atoms with Crippen molar-refractivity contribution in [2.45, 2.75) is 51.6 Å². The number of rotatable bonds is 3. The van der Waals surface area contributed by atoms with Crippen molar-refractivity contribution in [3.05, 3.63) is 29.8 Å². The van der Waals surface area contributed by atoms with E-state index in [1.54, 1.807) is 0 Å². The Morgan fingerprint density at radius 3 is 2.48 bits per heavy atom. The van der Waals surface area contributed by atoms with Crippen molar-refractivity contribution in [1.29, 1.82) is 0 Å². The van der Waals surface area contributed by atoms with Gasteiger partial charge in [0.15, 0.2) is 0 Å². The summed E-state index contributed by atoms with van der Waals surface area (Å²) >= 11 is 0. The third kappa shape index (κ3) is 4.71. The average Bonchev–Trinajstić information content (AvgIpc) is 2.47. The Labute approximate surface area is 147 Å². The van der Waals surface area contributed by atoms with Gasteiger partial charge in [0.2, 0.25) is 11.8 Å². The van der Waals surface area contributed by atoms with E-state index in [1.807, 2.05) is 56.9 Å². The second-order valence-corrected chi connectivity index (χ2v) is 7.48. The summed E-state index contributed by atoms with van der Waals surface area (Å²) < 4.78 is 0. The number of hydrogen-bond acceptors (Lipinski definition) is 4. The summed E-state index contributed by atoms with van der Waals surface area (Å²) in [6.45, 7) is 7.48. The molecule has 2 rings (SSSR count). The summed E-state index contributed by atoms with van der Waals surface area (Å²) in [7, 11) is 0. The maximum Gasteiger partial charge on any atom is 0.321 e. The van der Waals surface area contributed by atoms with Gasteiger partial charge in [0, 0.05) is 17.3 Å². The van der Waals surface area contributed by atoms with Crippen LogP contribution in [0.4, 0.5) is 10.5 Å². The number of primary amides is 1. The number of hydrogen-bond donors (Lipinski definition) is 3. The number of fused-ring (bicyclic) bond motifs is 1. The van der Waals surface area contributed by atoms with E-state index in [2.05, 4.69) is 10.6 Å². The van der Waals surface area contributed by atoms with Crippen LogP contribution >= 0.6 is 0 Å². The highest BCUT2D eigenvalue weighted by atomic mass is 16.2. The van der Waals surface area contributed by atoms with E-state index in [-0.39, 0.29) is 24.4 Å². The van der Waals surface area contributed by atoms with Crippen molar-refractivity contribution in [1.82, 2.24) is 10.6 Å². The highest BCUT2D eigenvalue weighted by Crippen LogP contribution is 2.37. The van der Waals surface area contributed by atoms with Crippen molar-refractivity contribution in [3.63, 3.8) is 0 Å². The van der Waals surface area contributed by atoms with Crippen LogP contribution in [0.3, 0.4) is 0 Å². The van der Waals surface area contributed by atoms with Crippen LogP contribution in [0.15, 0.2) is 24.3 Å². The molecule has 7 nitrogen and oxygen atoms in total. The number of urea groups is 1. The van der Waals surface area contributed by atoms with E-state index in [1.165, 1.54) is 0 Å². The van der Waals surface area contributed by atoms with Crippen LogP contribution in [0.1, 0.15) is 45.6 Å². The summed E-state index contributed by atoms with van der Waals surface area (Å²) in [5.74, 6) is -1.14. The quantitative estimate of drug-likeness (QED) is 0.771. The first-order valence-corrected chi connectivity index (χ1v) is 8.35. The monoisotopic (exact) mass is 346 g/mol. The van der Waals surface area contributed by atoms with Gasteiger partial charge < -0.3 is 16.0 Å². The van der Waals surface area contributed by atoms with Crippen molar-refractivity contribution < 1.29 is 14.4 Å². The Bertz CT molecular complexity index is 681. The van der Waals surface area contributed by atoms with Gasteiger partial charge in [-0.25, -0.2) is 4.79 Å². The van der Waals surface area contributed by atoms with Gasteiger partial charge in [-0.2, -0.15) is 0 Å². The number of nitrogens with one attached hydrogen (secondary N) is 2. The van der Waals surface area contributed by atoms with Gasteiger partial charge in [0.05, 0.1) is 12.5 Å². The lowest BCUT2D eigenvalue weighted by Gasteiger charge is -2.39. The zero-order valence-electron chi connectivity index (χ0n) is 15.1. The number of imide groups is 1. The maximum absolute atomic E-state index is 12.3. The lowest BCUT2D eigenvalue weighted by atomic mass is 9.85. The SMILES string of the molecule is C[C@H]1C[C@H](C(N)=O)c2ccccc2N1CC(=O)NC(=O)NC(C)(C)C. The second-order valence-electron chi connectivity index (χ2n) is 7.48. The molecule has 0 aromatic heterocycles. The summed E-state index contributed by atoms with van der Waals surface area (Å²) in [6.07, 6.45) is 0.536. The van der Waals surface area contributed by atoms with Crippen molar-refractivity contribution in [3.8, 4) is 0 Å². The molecule has 4 amide bonds. The van der Waals surface area contributed by atoms with Crippen molar-refractivity contribution in [2.24, 2.45) is 5.73 Å². The smallest absolute Gasteiger partial charge is 0.321 e. The molecule has 0 fully saturated rings. The molecule has 2 atom stereocenters. The minimum atomic E-state index is -0.523. The zero-order valence-corrected chi connectivity index (χ0v) is 15.1. The third-order valence-electron chi connectivity index (χ3n) is 4.13. The Hall–Kier alpha value is -2.57. The fourth-order valence-electron chi connectivity index (χ4n) is 3.08. The summed E-state index contributed by atoms with van der Waals surface area (Å²) in [5, 5.41) is 5.04. The Morgan fingerprint density at radius 1 is 1.24 bits per heavy atom. The fraction of sp³-hybridized carbons (Fsp3) is 0.500. The van der Waals surface area contributed by atoms with Gasteiger partial charge in [0.25, 0.3) is 0 Å². The predicted molar refractivity (Wildman–Crippen MR) is 96.2 cm³/mol. The average molecular weight is 346 g/mol. The van der Waals surface area contributed by atoms with E-state index in [0.717, 1.165) is 11.3 Å². The molecule has 0 radical (unpaired) electrons. The lowest BCUT2D eigenvalue weighted by molar-refractivity contribution is -0.119. The molecule has 0 aliphatic carbocycles. The van der Waals surface area contributed by atoms with E-state index in [4.69, 9.17) is 5.73 Å². The normalized spacial score (nSPS) is 19.8. The van der Waals surface area contributed by atoms with Gasteiger partial charge in [-0.15, -0.1) is 0 Å². The third-order valence-corrected chi connectivity index (χ3v) is 4.13. The first-order valence-electron chi connectivity index (χ1n) is 8.35. The molecule has 7 heteroatoms. The first kappa shape index (κ1) is 18.8. The molecular formula is C18H26N4O3. The number of benzene rings is 1. The molecular weight excluding hydrogens is 320 g/mol. The molecule has 0 spiro atoms. The van der Waals surface area contributed by atoms with E-state index in [0.29, 0.717) is 6.42 Å². The van der Waals surface area contributed by atoms with Crippen LogP contribution in [-0.4, -0.2) is 36.0 Å².